The highest BCUT2D eigenvalue weighted by molar-refractivity contribution is 7.92. The van der Waals surface area contributed by atoms with Crippen molar-refractivity contribution in [3.05, 3.63) is 65.7 Å². The molecule has 0 saturated heterocycles. The van der Waals surface area contributed by atoms with Crippen molar-refractivity contribution in [2.45, 2.75) is 11.8 Å². The number of thiazole rings is 1. The topological polar surface area (TPSA) is 117 Å². The summed E-state index contributed by atoms with van der Waals surface area (Å²) in [7, 11) is -3.80. The minimum atomic E-state index is -3.80. The molecule has 0 atom stereocenters. The van der Waals surface area contributed by atoms with Gasteiger partial charge in [0.25, 0.3) is 15.9 Å². The summed E-state index contributed by atoms with van der Waals surface area (Å²) in [6, 6.07) is 11.8. The molecule has 10 heteroatoms. The van der Waals surface area contributed by atoms with Crippen LogP contribution < -0.4 is 15.4 Å². The Hall–Kier alpha value is -3.24. The lowest BCUT2D eigenvalue weighted by molar-refractivity contribution is -0.114. The van der Waals surface area contributed by atoms with E-state index in [-0.39, 0.29) is 16.7 Å². The number of anilines is 3. The summed E-state index contributed by atoms with van der Waals surface area (Å²) in [6.45, 7) is 1.37. The van der Waals surface area contributed by atoms with Gasteiger partial charge in [0.2, 0.25) is 5.91 Å². The Balaban J connectivity index is 1.68. The van der Waals surface area contributed by atoms with E-state index in [2.05, 4.69) is 20.3 Å². The van der Waals surface area contributed by atoms with Crippen LogP contribution in [-0.2, 0) is 14.8 Å². The fourth-order valence-corrected chi connectivity index (χ4v) is 3.86. The molecule has 1 aromatic heterocycles. The molecular formula is C18H16N4O4S2. The van der Waals surface area contributed by atoms with E-state index in [1.165, 1.54) is 66.8 Å². The Bertz CT molecular complexity index is 1080. The first-order valence-corrected chi connectivity index (χ1v) is 10.4. The van der Waals surface area contributed by atoms with E-state index in [1.54, 1.807) is 11.6 Å². The zero-order chi connectivity index (χ0) is 20.1. The molecule has 0 unspecified atom stereocenters. The van der Waals surface area contributed by atoms with Crippen LogP contribution in [0.1, 0.15) is 17.3 Å². The number of nitrogens with zero attached hydrogens (tertiary/aromatic N) is 1. The third kappa shape index (κ3) is 4.93. The van der Waals surface area contributed by atoms with Crippen molar-refractivity contribution < 1.29 is 18.0 Å². The third-order valence-corrected chi connectivity index (χ3v) is 5.62. The number of hydrogen-bond acceptors (Lipinski definition) is 6. The second-order valence-electron chi connectivity index (χ2n) is 5.68. The summed E-state index contributed by atoms with van der Waals surface area (Å²) in [4.78, 5) is 27.2. The predicted octanol–water partition coefficient (Wildman–Crippen LogP) is 3.15. The largest absolute Gasteiger partial charge is 0.326 e. The van der Waals surface area contributed by atoms with Crippen LogP contribution in [0.5, 0.6) is 0 Å². The Morgan fingerprint density at radius 2 is 1.57 bits per heavy atom. The van der Waals surface area contributed by atoms with E-state index in [0.29, 0.717) is 22.1 Å². The summed E-state index contributed by atoms with van der Waals surface area (Å²) in [5, 5.41) is 7.45. The number of sulfonamides is 1. The molecule has 144 valence electrons. The average molecular weight is 416 g/mol. The zero-order valence-corrected chi connectivity index (χ0v) is 16.3. The first kappa shape index (κ1) is 19.5. The molecule has 28 heavy (non-hydrogen) atoms. The highest BCUT2D eigenvalue weighted by Crippen LogP contribution is 2.19. The van der Waals surface area contributed by atoms with Crippen molar-refractivity contribution in [2.24, 2.45) is 0 Å². The van der Waals surface area contributed by atoms with E-state index in [0.717, 1.165) is 0 Å². The van der Waals surface area contributed by atoms with Crippen LogP contribution >= 0.6 is 11.3 Å². The van der Waals surface area contributed by atoms with Gasteiger partial charge in [-0.05, 0) is 48.5 Å². The number of nitrogens with one attached hydrogen (secondary N) is 3. The van der Waals surface area contributed by atoms with Crippen molar-refractivity contribution in [1.82, 2.24) is 4.98 Å². The Morgan fingerprint density at radius 1 is 0.929 bits per heavy atom. The number of carbonyl (C=O) groups is 2. The Kier molecular flexibility index (Phi) is 5.71. The Labute approximate surface area is 165 Å². The quantitative estimate of drug-likeness (QED) is 0.571. The van der Waals surface area contributed by atoms with Gasteiger partial charge in [-0.1, -0.05) is 0 Å². The van der Waals surface area contributed by atoms with Crippen molar-refractivity contribution in [2.75, 3.05) is 15.4 Å². The lowest BCUT2D eigenvalue weighted by Gasteiger charge is -2.10. The van der Waals surface area contributed by atoms with Crippen molar-refractivity contribution >= 4 is 49.7 Å². The van der Waals surface area contributed by atoms with Crippen LogP contribution in [-0.4, -0.2) is 25.2 Å². The van der Waals surface area contributed by atoms with Crippen molar-refractivity contribution in [1.29, 1.82) is 0 Å². The van der Waals surface area contributed by atoms with Crippen LogP contribution in [0.2, 0.25) is 0 Å². The standard InChI is InChI=1S/C18H16N4O4S2/c1-12(23)20-14-6-8-16(9-7-14)28(25,26)22-15-4-2-13(3-5-15)17(24)21-18-19-10-11-27-18/h2-11,22H,1H3,(H,20,23)(H,19,21,24). The molecule has 2 aromatic carbocycles. The number of benzene rings is 2. The van der Waals surface area contributed by atoms with Crippen LogP contribution in [0.25, 0.3) is 0 Å². The molecule has 0 aliphatic rings. The first-order chi connectivity index (χ1) is 13.3. The number of carbonyl (C=O) groups excluding carboxylic acids is 2. The molecular weight excluding hydrogens is 400 g/mol. The summed E-state index contributed by atoms with van der Waals surface area (Å²) in [5.74, 6) is -0.578. The van der Waals surface area contributed by atoms with Gasteiger partial charge in [0, 0.05) is 35.4 Å². The van der Waals surface area contributed by atoms with Gasteiger partial charge < -0.3 is 5.32 Å². The van der Waals surface area contributed by atoms with Crippen LogP contribution in [0, 0.1) is 0 Å². The summed E-state index contributed by atoms with van der Waals surface area (Å²) < 4.78 is 27.4. The van der Waals surface area contributed by atoms with Crippen LogP contribution in [0.4, 0.5) is 16.5 Å². The molecule has 1 heterocycles. The van der Waals surface area contributed by atoms with Crippen LogP contribution in [0.3, 0.4) is 0 Å². The van der Waals surface area contributed by atoms with Crippen molar-refractivity contribution in [3.8, 4) is 0 Å². The minimum absolute atomic E-state index is 0.0483. The number of rotatable bonds is 6. The maximum Gasteiger partial charge on any atom is 0.261 e. The minimum Gasteiger partial charge on any atom is -0.326 e. The fraction of sp³-hybridized carbons (Fsp3) is 0.0556. The molecule has 0 aliphatic heterocycles. The van der Waals surface area contributed by atoms with Gasteiger partial charge in [-0.3, -0.25) is 19.6 Å². The average Bonchev–Trinajstić information content (AvgIpc) is 3.15. The van der Waals surface area contributed by atoms with E-state index >= 15 is 0 Å². The molecule has 0 radical (unpaired) electrons. The molecule has 3 rings (SSSR count). The van der Waals surface area contributed by atoms with Crippen LogP contribution in [0.15, 0.2) is 65.0 Å². The lowest BCUT2D eigenvalue weighted by atomic mass is 10.2. The van der Waals surface area contributed by atoms with Gasteiger partial charge in [-0.15, -0.1) is 11.3 Å². The highest BCUT2D eigenvalue weighted by Gasteiger charge is 2.15. The molecule has 2 amide bonds. The summed E-state index contributed by atoms with van der Waals surface area (Å²) >= 11 is 1.30. The van der Waals surface area contributed by atoms with Gasteiger partial charge in [0.15, 0.2) is 5.13 Å². The van der Waals surface area contributed by atoms with E-state index in [1.807, 2.05) is 0 Å². The molecule has 0 saturated carbocycles. The molecule has 0 spiro atoms. The monoisotopic (exact) mass is 416 g/mol. The third-order valence-electron chi connectivity index (χ3n) is 3.54. The molecule has 3 aromatic rings. The summed E-state index contributed by atoms with van der Waals surface area (Å²) in [6.07, 6.45) is 1.58. The zero-order valence-electron chi connectivity index (χ0n) is 14.7. The van der Waals surface area contributed by atoms with E-state index in [4.69, 9.17) is 0 Å². The highest BCUT2D eigenvalue weighted by atomic mass is 32.2. The number of hydrogen-bond donors (Lipinski definition) is 3. The number of amides is 2. The second-order valence-corrected chi connectivity index (χ2v) is 8.26. The van der Waals surface area contributed by atoms with Gasteiger partial charge in [0.1, 0.15) is 0 Å². The van der Waals surface area contributed by atoms with Gasteiger partial charge in [0.05, 0.1) is 4.90 Å². The predicted molar refractivity (Wildman–Crippen MR) is 108 cm³/mol. The van der Waals surface area contributed by atoms with Crippen molar-refractivity contribution in [3.63, 3.8) is 0 Å². The first-order valence-electron chi connectivity index (χ1n) is 8.05. The molecule has 0 aliphatic carbocycles. The molecule has 3 N–H and O–H groups in total. The maximum atomic E-state index is 12.5. The second kappa shape index (κ2) is 8.19. The lowest BCUT2D eigenvalue weighted by Crippen LogP contribution is -2.14. The normalized spacial score (nSPS) is 10.9. The number of aromatic nitrogens is 1. The van der Waals surface area contributed by atoms with Gasteiger partial charge >= 0.3 is 0 Å². The van der Waals surface area contributed by atoms with E-state index < -0.39 is 10.0 Å². The summed E-state index contributed by atoms with van der Waals surface area (Å²) in [5.41, 5.74) is 1.19. The van der Waals surface area contributed by atoms with Gasteiger partial charge in [-0.25, -0.2) is 13.4 Å². The van der Waals surface area contributed by atoms with E-state index in [9.17, 15) is 18.0 Å². The maximum absolute atomic E-state index is 12.5. The van der Waals surface area contributed by atoms with Gasteiger partial charge in [-0.2, -0.15) is 0 Å². The Morgan fingerprint density at radius 3 is 2.14 bits per heavy atom. The molecule has 0 bridgehead atoms. The molecule has 0 fully saturated rings. The fourth-order valence-electron chi connectivity index (χ4n) is 2.28. The smallest absolute Gasteiger partial charge is 0.261 e. The molecule has 8 nitrogen and oxygen atoms in total. The SMILES string of the molecule is CC(=O)Nc1ccc(S(=O)(=O)Nc2ccc(C(=O)Nc3nccs3)cc2)cc1.